The smallest absolute Gasteiger partial charge is 0.294 e. The van der Waals surface area contributed by atoms with Crippen LogP contribution >= 0.6 is 11.3 Å². The number of thiophene rings is 1. The van der Waals surface area contributed by atoms with Crippen molar-refractivity contribution in [3.8, 4) is 5.75 Å². The SMILES string of the molecule is COc1cccc2cc(C(=O)C3=C(O)C(=O)N(c4ccc(C)c(C)c4)C3c3cccs3)oc12. The predicted molar refractivity (Wildman–Crippen MR) is 127 cm³/mol. The molecule has 6 nitrogen and oxygen atoms in total. The molecule has 33 heavy (non-hydrogen) atoms. The van der Waals surface area contributed by atoms with Gasteiger partial charge >= 0.3 is 0 Å². The number of aliphatic hydroxyl groups is 1. The molecule has 7 heteroatoms. The highest BCUT2D eigenvalue weighted by Crippen LogP contribution is 2.44. The second kappa shape index (κ2) is 7.94. The summed E-state index contributed by atoms with van der Waals surface area (Å²) < 4.78 is 11.2. The van der Waals surface area contributed by atoms with Crippen molar-refractivity contribution < 1.29 is 23.8 Å². The molecule has 1 aliphatic rings. The summed E-state index contributed by atoms with van der Waals surface area (Å²) in [6, 6.07) is 15.5. The van der Waals surface area contributed by atoms with Crippen molar-refractivity contribution in [2.24, 2.45) is 0 Å². The van der Waals surface area contributed by atoms with E-state index in [-0.39, 0.29) is 11.3 Å². The van der Waals surface area contributed by atoms with Gasteiger partial charge in [0.2, 0.25) is 5.78 Å². The third-order valence-corrected chi connectivity index (χ3v) is 6.91. The molecule has 0 fully saturated rings. The van der Waals surface area contributed by atoms with E-state index in [1.54, 1.807) is 18.2 Å². The standard InChI is InChI=1S/C26H21NO5S/c1-14-9-10-17(12-15(14)2)27-22(20-8-5-11-33-20)21(24(29)26(27)30)23(28)19-13-16-6-4-7-18(31-3)25(16)32-19/h4-13,22,29H,1-3H3. The van der Waals surface area contributed by atoms with Gasteiger partial charge in [-0.25, -0.2) is 0 Å². The van der Waals surface area contributed by atoms with Gasteiger partial charge in [-0.3, -0.25) is 14.5 Å². The maximum atomic E-state index is 13.6. The van der Waals surface area contributed by atoms with E-state index in [0.29, 0.717) is 22.4 Å². The van der Waals surface area contributed by atoms with E-state index in [2.05, 4.69) is 0 Å². The molecule has 1 aliphatic heterocycles. The molecule has 0 saturated heterocycles. The maximum absolute atomic E-state index is 13.6. The predicted octanol–water partition coefficient (Wildman–Crippen LogP) is 5.90. The first-order valence-corrected chi connectivity index (χ1v) is 11.3. The number of aliphatic hydroxyl groups excluding tert-OH is 1. The Morgan fingerprint density at radius 3 is 2.61 bits per heavy atom. The average Bonchev–Trinajstić information content (AvgIpc) is 3.54. The fourth-order valence-corrected chi connectivity index (χ4v) is 4.96. The maximum Gasteiger partial charge on any atom is 0.294 e. The van der Waals surface area contributed by atoms with Gasteiger partial charge < -0.3 is 14.3 Å². The first-order valence-electron chi connectivity index (χ1n) is 10.4. The number of fused-ring (bicyclic) bond motifs is 1. The molecule has 1 N–H and O–H groups in total. The first kappa shape index (κ1) is 21.0. The Morgan fingerprint density at radius 2 is 1.91 bits per heavy atom. The van der Waals surface area contributed by atoms with E-state index in [4.69, 9.17) is 9.15 Å². The highest BCUT2D eigenvalue weighted by Gasteiger charge is 2.46. The molecule has 0 radical (unpaired) electrons. The first-order chi connectivity index (χ1) is 15.9. The summed E-state index contributed by atoms with van der Waals surface area (Å²) in [7, 11) is 1.52. The van der Waals surface area contributed by atoms with Gasteiger partial charge in [0, 0.05) is 16.0 Å². The van der Waals surface area contributed by atoms with E-state index in [1.165, 1.54) is 23.3 Å². The lowest BCUT2D eigenvalue weighted by Gasteiger charge is -2.26. The quantitative estimate of drug-likeness (QED) is 0.376. The number of para-hydroxylation sites is 1. The highest BCUT2D eigenvalue weighted by molar-refractivity contribution is 7.10. The molecule has 3 heterocycles. The zero-order valence-corrected chi connectivity index (χ0v) is 19.1. The molecule has 166 valence electrons. The fraction of sp³-hybridized carbons (Fsp3) is 0.154. The second-order valence-corrected chi connectivity index (χ2v) is 8.92. The number of Topliss-reactive ketones (excluding diaryl/α,β-unsaturated/α-hetero) is 1. The molecule has 1 amide bonds. The van der Waals surface area contributed by atoms with Gasteiger partial charge in [0.1, 0.15) is 6.04 Å². The van der Waals surface area contributed by atoms with Gasteiger partial charge in [-0.1, -0.05) is 24.3 Å². The molecule has 4 aromatic rings. The lowest BCUT2D eigenvalue weighted by molar-refractivity contribution is -0.117. The van der Waals surface area contributed by atoms with Crippen LogP contribution in [-0.4, -0.2) is 23.9 Å². The third kappa shape index (κ3) is 3.32. The van der Waals surface area contributed by atoms with Gasteiger partial charge in [-0.05, 0) is 60.7 Å². The van der Waals surface area contributed by atoms with Crippen LogP contribution in [0.25, 0.3) is 11.0 Å². The van der Waals surface area contributed by atoms with Crippen molar-refractivity contribution in [2.45, 2.75) is 19.9 Å². The number of benzene rings is 2. The molecule has 2 aromatic heterocycles. The Hall–Kier alpha value is -3.84. The number of ketones is 1. The summed E-state index contributed by atoms with van der Waals surface area (Å²) in [4.78, 5) is 29.1. The molecule has 0 saturated carbocycles. The average molecular weight is 460 g/mol. The Bertz CT molecular complexity index is 1430. The van der Waals surface area contributed by atoms with E-state index < -0.39 is 23.5 Å². The van der Waals surface area contributed by atoms with E-state index in [9.17, 15) is 14.7 Å². The summed E-state index contributed by atoms with van der Waals surface area (Å²) >= 11 is 1.42. The Kier molecular flexibility index (Phi) is 5.06. The Morgan fingerprint density at radius 1 is 1.09 bits per heavy atom. The van der Waals surface area contributed by atoms with Crippen LogP contribution in [0.1, 0.15) is 32.6 Å². The summed E-state index contributed by atoms with van der Waals surface area (Å²) in [5, 5.41) is 13.5. The molecule has 1 atom stereocenters. The number of hydrogen-bond acceptors (Lipinski definition) is 6. The lowest BCUT2D eigenvalue weighted by atomic mass is 9.99. The monoisotopic (exact) mass is 459 g/mol. The summed E-state index contributed by atoms with van der Waals surface area (Å²) in [5.41, 5.74) is 3.14. The minimum absolute atomic E-state index is 0.00120. The number of rotatable bonds is 5. The van der Waals surface area contributed by atoms with Gasteiger partial charge in [0.05, 0.1) is 12.7 Å². The minimum atomic E-state index is -0.762. The number of carbonyl (C=O) groups excluding carboxylic acids is 2. The van der Waals surface area contributed by atoms with Crippen LogP contribution in [0.2, 0.25) is 0 Å². The van der Waals surface area contributed by atoms with E-state index in [0.717, 1.165) is 16.0 Å². The number of carbonyl (C=O) groups is 2. The van der Waals surface area contributed by atoms with E-state index in [1.807, 2.05) is 55.6 Å². The topological polar surface area (TPSA) is 80.0 Å². The molecule has 0 aliphatic carbocycles. The molecule has 0 spiro atoms. The fourth-order valence-electron chi connectivity index (χ4n) is 4.14. The molecular weight excluding hydrogens is 438 g/mol. The normalized spacial score (nSPS) is 16.2. The van der Waals surface area contributed by atoms with Gasteiger partial charge in [-0.15, -0.1) is 11.3 Å². The number of nitrogens with zero attached hydrogens (tertiary/aromatic N) is 1. The van der Waals surface area contributed by atoms with Crippen molar-refractivity contribution in [3.05, 3.63) is 93.1 Å². The zero-order chi connectivity index (χ0) is 23.3. The number of anilines is 1. The third-order valence-electron chi connectivity index (χ3n) is 5.99. The molecule has 5 rings (SSSR count). The van der Waals surface area contributed by atoms with Crippen molar-refractivity contribution >= 4 is 39.7 Å². The van der Waals surface area contributed by atoms with Crippen LogP contribution in [0, 0.1) is 13.8 Å². The lowest BCUT2D eigenvalue weighted by Crippen LogP contribution is -2.30. The van der Waals surface area contributed by atoms with Crippen molar-refractivity contribution in [3.63, 3.8) is 0 Å². The minimum Gasteiger partial charge on any atom is -0.503 e. The number of amides is 1. The molecular formula is C26H21NO5S. The second-order valence-electron chi connectivity index (χ2n) is 7.94. The molecule has 2 aromatic carbocycles. The summed E-state index contributed by atoms with van der Waals surface area (Å²) in [6.07, 6.45) is 0. The van der Waals surface area contributed by atoms with Gasteiger partial charge in [0.15, 0.2) is 22.9 Å². The summed E-state index contributed by atoms with van der Waals surface area (Å²) in [6.45, 7) is 3.95. The van der Waals surface area contributed by atoms with Crippen LogP contribution in [0.3, 0.4) is 0 Å². The van der Waals surface area contributed by atoms with E-state index >= 15 is 0 Å². The van der Waals surface area contributed by atoms with Gasteiger partial charge in [0.25, 0.3) is 5.91 Å². The number of furan rings is 1. The highest BCUT2D eigenvalue weighted by atomic mass is 32.1. The summed E-state index contributed by atoms with van der Waals surface area (Å²) in [5.74, 6) is -1.19. The number of methoxy groups -OCH3 is 1. The van der Waals surface area contributed by atoms with Crippen LogP contribution in [0.15, 0.2) is 75.7 Å². The Labute approximate surface area is 194 Å². The van der Waals surface area contributed by atoms with Crippen molar-refractivity contribution in [1.82, 2.24) is 0 Å². The molecule has 1 unspecified atom stereocenters. The van der Waals surface area contributed by atoms with Crippen LogP contribution in [0.4, 0.5) is 5.69 Å². The number of aryl methyl sites for hydroxylation is 2. The largest absolute Gasteiger partial charge is 0.503 e. The number of hydrogen-bond donors (Lipinski definition) is 1. The Balaban J connectivity index is 1.64. The van der Waals surface area contributed by atoms with Crippen LogP contribution in [-0.2, 0) is 4.79 Å². The van der Waals surface area contributed by atoms with Crippen molar-refractivity contribution in [2.75, 3.05) is 12.0 Å². The molecule has 0 bridgehead atoms. The zero-order valence-electron chi connectivity index (χ0n) is 18.3. The van der Waals surface area contributed by atoms with Gasteiger partial charge in [-0.2, -0.15) is 0 Å². The number of ether oxygens (including phenoxy) is 1. The van der Waals surface area contributed by atoms with Crippen LogP contribution in [0.5, 0.6) is 5.75 Å². The van der Waals surface area contributed by atoms with Crippen LogP contribution < -0.4 is 9.64 Å². The van der Waals surface area contributed by atoms with Crippen molar-refractivity contribution in [1.29, 1.82) is 0 Å².